The van der Waals surface area contributed by atoms with Gasteiger partial charge in [-0.15, -0.1) is 0 Å². The predicted octanol–water partition coefficient (Wildman–Crippen LogP) is 2.15. The molecular weight excluding hydrogens is 238 g/mol. The highest BCUT2D eigenvalue weighted by Crippen LogP contribution is 2.58. The molecule has 3 aliphatic rings. The maximum Gasteiger partial charge on any atom is 0.243 e. The Bertz CT molecular complexity index is 390. The molecule has 1 amide bonds. The van der Waals surface area contributed by atoms with E-state index >= 15 is 0 Å². The molecule has 0 aromatic carbocycles. The monoisotopic (exact) mass is 261 g/mol. The van der Waals surface area contributed by atoms with Crippen LogP contribution in [0.25, 0.3) is 0 Å². The number of carbonyl (C=O) groups excluding carboxylic acids is 1. The highest BCUT2D eigenvalue weighted by atomic mass is 16.5. The van der Waals surface area contributed by atoms with Crippen LogP contribution in [0.3, 0.4) is 0 Å². The lowest BCUT2D eigenvalue weighted by atomic mass is 9.76. The molecule has 3 rings (SSSR count). The van der Waals surface area contributed by atoms with Crippen LogP contribution < -0.4 is 5.32 Å². The van der Waals surface area contributed by atoms with Gasteiger partial charge in [0.1, 0.15) is 0 Å². The first-order valence-corrected chi connectivity index (χ1v) is 7.44. The largest absolute Gasteiger partial charge is 0.379 e. The van der Waals surface area contributed by atoms with Crippen LogP contribution in [0.2, 0.25) is 0 Å². The SMILES string of the molecule is C=CC(=O)NCCOCC1CC2CC1C1C=CCC21. The molecule has 0 heterocycles. The van der Waals surface area contributed by atoms with Gasteiger partial charge in [0.25, 0.3) is 0 Å². The van der Waals surface area contributed by atoms with Gasteiger partial charge in [-0.05, 0) is 54.9 Å². The lowest BCUT2D eigenvalue weighted by molar-refractivity contribution is -0.116. The Morgan fingerprint density at radius 1 is 1.42 bits per heavy atom. The van der Waals surface area contributed by atoms with Crippen molar-refractivity contribution in [2.24, 2.45) is 29.6 Å². The van der Waals surface area contributed by atoms with Gasteiger partial charge in [0.05, 0.1) is 6.61 Å². The summed E-state index contributed by atoms with van der Waals surface area (Å²) in [6.07, 6.45) is 10.2. The molecule has 0 aromatic rings. The Morgan fingerprint density at radius 3 is 3.16 bits per heavy atom. The second-order valence-corrected chi connectivity index (χ2v) is 6.13. The van der Waals surface area contributed by atoms with Crippen LogP contribution in [-0.4, -0.2) is 25.7 Å². The Morgan fingerprint density at radius 2 is 2.32 bits per heavy atom. The van der Waals surface area contributed by atoms with Gasteiger partial charge in [-0.2, -0.15) is 0 Å². The molecule has 0 aromatic heterocycles. The lowest BCUT2D eigenvalue weighted by Crippen LogP contribution is -2.29. The van der Waals surface area contributed by atoms with Crippen LogP contribution in [0.15, 0.2) is 24.8 Å². The third kappa shape index (κ3) is 2.48. The molecule has 0 saturated heterocycles. The number of ether oxygens (including phenoxy) is 1. The summed E-state index contributed by atoms with van der Waals surface area (Å²) in [7, 11) is 0. The highest BCUT2D eigenvalue weighted by molar-refractivity contribution is 5.86. The van der Waals surface area contributed by atoms with E-state index in [1.165, 1.54) is 25.3 Å². The van der Waals surface area contributed by atoms with E-state index in [9.17, 15) is 4.79 Å². The van der Waals surface area contributed by atoms with Crippen molar-refractivity contribution in [3.05, 3.63) is 24.8 Å². The van der Waals surface area contributed by atoms with E-state index in [-0.39, 0.29) is 5.91 Å². The summed E-state index contributed by atoms with van der Waals surface area (Å²) >= 11 is 0. The molecule has 104 valence electrons. The molecule has 2 fully saturated rings. The smallest absolute Gasteiger partial charge is 0.243 e. The van der Waals surface area contributed by atoms with Gasteiger partial charge in [0.2, 0.25) is 5.91 Å². The minimum absolute atomic E-state index is 0.123. The zero-order valence-corrected chi connectivity index (χ0v) is 11.4. The summed E-state index contributed by atoms with van der Waals surface area (Å²) in [5.74, 6) is 4.21. The molecule has 0 spiro atoms. The first-order valence-electron chi connectivity index (χ1n) is 7.44. The fraction of sp³-hybridized carbons (Fsp3) is 0.688. The summed E-state index contributed by atoms with van der Waals surface area (Å²) in [4.78, 5) is 11.0. The van der Waals surface area contributed by atoms with E-state index in [2.05, 4.69) is 24.0 Å². The van der Waals surface area contributed by atoms with Crippen molar-refractivity contribution >= 4 is 5.91 Å². The fourth-order valence-corrected chi connectivity index (χ4v) is 4.43. The van der Waals surface area contributed by atoms with Gasteiger partial charge in [-0.1, -0.05) is 18.7 Å². The number of hydrogen-bond acceptors (Lipinski definition) is 2. The van der Waals surface area contributed by atoms with Gasteiger partial charge in [0, 0.05) is 13.2 Å². The predicted molar refractivity (Wildman–Crippen MR) is 74.5 cm³/mol. The summed E-state index contributed by atoms with van der Waals surface area (Å²) in [5, 5.41) is 2.74. The molecule has 5 atom stereocenters. The number of nitrogens with one attached hydrogen (secondary N) is 1. The van der Waals surface area contributed by atoms with Gasteiger partial charge in [0.15, 0.2) is 0 Å². The average Bonchev–Trinajstić information content (AvgIpc) is 3.09. The zero-order chi connectivity index (χ0) is 13.2. The third-order valence-corrected chi connectivity index (χ3v) is 5.21. The van der Waals surface area contributed by atoms with Crippen LogP contribution in [0.5, 0.6) is 0 Å². The van der Waals surface area contributed by atoms with Crippen LogP contribution in [0, 0.1) is 29.6 Å². The fourth-order valence-electron chi connectivity index (χ4n) is 4.43. The molecule has 5 unspecified atom stereocenters. The van der Waals surface area contributed by atoms with Crippen molar-refractivity contribution in [1.82, 2.24) is 5.32 Å². The first kappa shape index (κ1) is 12.9. The zero-order valence-electron chi connectivity index (χ0n) is 11.4. The number of hydrogen-bond donors (Lipinski definition) is 1. The van der Waals surface area contributed by atoms with Crippen LogP contribution >= 0.6 is 0 Å². The van der Waals surface area contributed by atoms with Gasteiger partial charge >= 0.3 is 0 Å². The van der Waals surface area contributed by atoms with E-state index in [1.807, 2.05) is 0 Å². The van der Waals surface area contributed by atoms with E-state index in [1.54, 1.807) is 0 Å². The van der Waals surface area contributed by atoms with Crippen molar-refractivity contribution in [1.29, 1.82) is 0 Å². The lowest BCUT2D eigenvalue weighted by Gasteiger charge is -2.31. The Hall–Kier alpha value is -1.09. The van der Waals surface area contributed by atoms with E-state index in [4.69, 9.17) is 4.74 Å². The molecule has 3 aliphatic carbocycles. The summed E-state index contributed by atoms with van der Waals surface area (Å²) in [6.45, 7) is 5.47. The van der Waals surface area contributed by atoms with Crippen molar-refractivity contribution < 1.29 is 9.53 Å². The molecule has 3 nitrogen and oxygen atoms in total. The standard InChI is InChI=1S/C16H23NO2/c1-2-16(18)17-6-7-19-10-12-8-11-9-15(12)14-5-3-4-13(11)14/h2-3,5,11-15H,1,4,6-10H2,(H,17,18). The Kier molecular flexibility index (Phi) is 3.74. The van der Waals surface area contributed by atoms with Crippen molar-refractivity contribution in [2.45, 2.75) is 19.3 Å². The molecule has 0 aliphatic heterocycles. The topological polar surface area (TPSA) is 38.3 Å². The summed E-state index contributed by atoms with van der Waals surface area (Å²) < 4.78 is 5.74. The van der Waals surface area contributed by atoms with Crippen LogP contribution in [-0.2, 0) is 9.53 Å². The molecule has 2 bridgehead atoms. The van der Waals surface area contributed by atoms with E-state index < -0.39 is 0 Å². The number of rotatable bonds is 6. The third-order valence-electron chi connectivity index (χ3n) is 5.21. The quantitative estimate of drug-likeness (QED) is 0.452. The molecule has 2 saturated carbocycles. The second-order valence-electron chi connectivity index (χ2n) is 6.13. The van der Waals surface area contributed by atoms with Crippen LogP contribution in [0.1, 0.15) is 19.3 Å². The Balaban J connectivity index is 1.37. The van der Waals surface area contributed by atoms with Gasteiger partial charge in [-0.3, -0.25) is 4.79 Å². The molecule has 0 radical (unpaired) electrons. The molecule has 19 heavy (non-hydrogen) atoms. The normalized spacial score (nSPS) is 38.4. The summed E-state index contributed by atoms with van der Waals surface area (Å²) in [5.41, 5.74) is 0. The maximum atomic E-state index is 11.0. The highest BCUT2D eigenvalue weighted by Gasteiger charge is 2.52. The molecule has 1 N–H and O–H groups in total. The van der Waals surface area contributed by atoms with Gasteiger partial charge < -0.3 is 10.1 Å². The van der Waals surface area contributed by atoms with Crippen molar-refractivity contribution in [2.75, 3.05) is 19.8 Å². The molecular formula is C16H23NO2. The number of amides is 1. The minimum atomic E-state index is -0.123. The average molecular weight is 261 g/mol. The first-order chi connectivity index (χ1) is 9.29. The van der Waals surface area contributed by atoms with Crippen LogP contribution in [0.4, 0.5) is 0 Å². The van der Waals surface area contributed by atoms with E-state index in [0.717, 1.165) is 36.2 Å². The maximum absolute atomic E-state index is 11.0. The number of carbonyl (C=O) groups is 1. The minimum Gasteiger partial charge on any atom is -0.379 e. The Labute approximate surface area is 115 Å². The second kappa shape index (κ2) is 5.49. The molecule has 3 heteroatoms. The van der Waals surface area contributed by atoms with Crippen molar-refractivity contribution in [3.8, 4) is 0 Å². The number of fused-ring (bicyclic) bond motifs is 5. The van der Waals surface area contributed by atoms with Crippen molar-refractivity contribution in [3.63, 3.8) is 0 Å². The van der Waals surface area contributed by atoms with Gasteiger partial charge in [-0.25, -0.2) is 0 Å². The summed E-state index contributed by atoms with van der Waals surface area (Å²) in [6, 6.07) is 0. The number of allylic oxidation sites excluding steroid dienone is 2. The van der Waals surface area contributed by atoms with E-state index in [0.29, 0.717) is 13.2 Å².